The Morgan fingerprint density at radius 1 is 1.18 bits per heavy atom. The van der Waals surface area contributed by atoms with Crippen LogP contribution in [0.1, 0.15) is 30.5 Å². The first-order valence-corrected chi connectivity index (χ1v) is 5.52. The second-order valence-corrected chi connectivity index (χ2v) is 5.18. The molecule has 1 aromatic rings. The van der Waals surface area contributed by atoms with Crippen LogP contribution in [0.15, 0.2) is 18.2 Å². The summed E-state index contributed by atoms with van der Waals surface area (Å²) in [6, 6.07) is 3.88. The fourth-order valence-electron chi connectivity index (χ4n) is 1.66. The molecule has 2 N–H and O–H groups in total. The van der Waals surface area contributed by atoms with Crippen molar-refractivity contribution in [1.82, 2.24) is 0 Å². The lowest BCUT2D eigenvalue weighted by molar-refractivity contribution is -0.137. The lowest BCUT2D eigenvalue weighted by Crippen LogP contribution is -2.26. The molecule has 17 heavy (non-hydrogen) atoms. The average Bonchev–Trinajstić information content (AvgIpc) is 2.19. The summed E-state index contributed by atoms with van der Waals surface area (Å²) in [4.78, 5) is 0. The van der Waals surface area contributed by atoms with E-state index in [1.807, 2.05) is 13.8 Å². The van der Waals surface area contributed by atoms with Gasteiger partial charge in [0.2, 0.25) is 0 Å². The minimum absolute atomic E-state index is 0.0927. The maximum Gasteiger partial charge on any atom is 0.416 e. The molecule has 0 saturated heterocycles. The Kier molecular flexibility index (Phi) is 3.87. The lowest BCUT2D eigenvalue weighted by atomic mass is 9.84. The van der Waals surface area contributed by atoms with Crippen molar-refractivity contribution in [2.75, 3.05) is 6.54 Å². The summed E-state index contributed by atoms with van der Waals surface area (Å²) in [7, 11) is 0. The minimum atomic E-state index is -4.27. The van der Waals surface area contributed by atoms with E-state index in [1.54, 1.807) is 13.0 Å². The number of aryl methyl sites for hydroxylation is 1. The van der Waals surface area contributed by atoms with Crippen LogP contribution in [0.5, 0.6) is 0 Å². The predicted octanol–water partition coefficient (Wildman–Crippen LogP) is 3.54. The minimum Gasteiger partial charge on any atom is -0.330 e. The molecule has 4 heteroatoms. The van der Waals surface area contributed by atoms with E-state index < -0.39 is 11.7 Å². The smallest absolute Gasteiger partial charge is 0.330 e. The largest absolute Gasteiger partial charge is 0.416 e. The average molecular weight is 245 g/mol. The molecule has 0 atom stereocenters. The van der Waals surface area contributed by atoms with Crippen molar-refractivity contribution < 1.29 is 13.2 Å². The van der Waals surface area contributed by atoms with Gasteiger partial charge in [-0.2, -0.15) is 13.2 Å². The van der Waals surface area contributed by atoms with Gasteiger partial charge < -0.3 is 5.73 Å². The number of benzene rings is 1. The fourth-order valence-corrected chi connectivity index (χ4v) is 1.66. The van der Waals surface area contributed by atoms with E-state index in [1.165, 1.54) is 6.07 Å². The Bertz CT molecular complexity index is 394. The zero-order valence-electron chi connectivity index (χ0n) is 10.4. The fraction of sp³-hybridized carbons (Fsp3) is 0.538. The zero-order valence-corrected chi connectivity index (χ0v) is 10.4. The molecule has 96 valence electrons. The van der Waals surface area contributed by atoms with E-state index in [4.69, 9.17) is 5.73 Å². The maximum atomic E-state index is 12.5. The van der Waals surface area contributed by atoms with Gasteiger partial charge in [-0.05, 0) is 48.6 Å². The Morgan fingerprint density at radius 3 is 2.18 bits per heavy atom. The molecule has 0 aliphatic heterocycles. The van der Waals surface area contributed by atoms with Gasteiger partial charge in [-0.3, -0.25) is 0 Å². The Morgan fingerprint density at radius 2 is 1.76 bits per heavy atom. The highest BCUT2D eigenvalue weighted by molar-refractivity contribution is 5.33. The monoisotopic (exact) mass is 245 g/mol. The van der Waals surface area contributed by atoms with Gasteiger partial charge in [0, 0.05) is 0 Å². The second kappa shape index (κ2) is 4.69. The summed E-state index contributed by atoms with van der Waals surface area (Å²) in [6.07, 6.45) is -3.58. The molecule has 0 radical (unpaired) electrons. The summed E-state index contributed by atoms with van der Waals surface area (Å²) in [5.74, 6) is 0. The Hall–Kier alpha value is -1.03. The van der Waals surface area contributed by atoms with Crippen molar-refractivity contribution in [3.8, 4) is 0 Å². The first-order valence-electron chi connectivity index (χ1n) is 5.52. The molecule has 0 spiro atoms. The van der Waals surface area contributed by atoms with Gasteiger partial charge in [-0.25, -0.2) is 0 Å². The molecule has 0 aromatic heterocycles. The van der Waals surface area contributed by atoms with Crippen molar-refractivity contribution in [2.45, 2.75) is 33.4 Å². The second-order valence-electron chi connectivity index (χ2n) is 5.18. The van der Waals surface area contributed by atoms with Gasteiger partial charge >= 0.3 is 6.18 Å². The molecule has 0 fully saturated rings. The quantitative estimate of drug-likeness (QED) is 0.866. The zero-order chi connectivity index (χ0) is 13.3. The molecular formula is C13H18F3N. The third-order valence-electron chi connectivity index (χ3n) is 2.89. The van der Waals surface area contributed by atoms with Crippen LogP contribution >= 0.6 is 0 Å². The summed E-state index contributed by atoms with van der Waals surface area (Å²) in [5, 5.41) is 0. The van der Waals surface area contributed by atoms with Gasteiger partial charge in [0.15, 0.2) is 0 Å². The number of alkyl halides is 3. The number of nitrogens with two attached hydrogens (primary N) is 1. The highest BCUT2D eigenvalue weighted by Gasteiger charge is 2.30. The van der Waals surface area contributed by atoms with Crippen molar-refractivity contribution in [1.29, 1.82) is 0 Å². The lowest BCUT2D eigenvalue weighted by Gasteiger charge is -2.23. The SMILES string of the molecule is Cc1cc(C(F)(F)F)ccc1CC(C)(C)CN. The van der Waals surface area contributed by atoms with Gasteiger partial charge in [0.25, 0.3) is 0 Å². The molecule has 0 bridgehead atoms. The van der Waals surface area contributed by atoms with E-state index in [9.17, 15) is 13.2 Å². The molecule has 1 rings (SSSR count). The van der Waals surface area contributed by atoms with Crippen LogP contribution in [0.3, 0.4) is 0 Å². The number of rotatable bonds is 3. The first kappa shape index (κ1) is 14.0. The van der Waals surface area contributed by atoms with Gasteiger partial charge in [-0.1, -0.05) is 19.9 Å². The van der Waals surface area contributed by atoms with Crippen LogP contribution in [-0.4, -0.2) is 6.54 Å². The highest BCUT2D eigenvalue weighted by atomic mass is 19.4. The molecule has 0 aliphatic rings. The van der Waals surface area contributed by atoms with Crippen molar-refractivity contribution in [3.63, 3.8) is 0 Å². The van der Waals surface area contributed by atoms with E-state index in [2.05, 4.69) is 0 Å². The van der Waals surface area contributed by atoms with E-state index >= 15 is 0 Å². The van der Waals surface area contributed by atoms with Crippen LogP contribution < -0.4 is 5.73 Å². The van der Waals surface area contributed by atoms with Crippen LogP contribution in [0.2, 0.25) is 0 Å². The van der Waals surface area contributed by atoms with Crippen LogP contribution in [0, 0.1) is 12.3 Å². The standard InChI is InChI=1S/C13H18F3N/c1-9-6-11(13(14,15)16)5-4-10(9)7-12(2,3)8-17/h4-6H,7-8,17H2,1-3H3. The number of halogens is 3. The van der Waals surface area contributed by atoms with E-state index in [-0.39, 0.29) is 5.41 Å². The van der Waals surface area contributed by atoms with Crippen molar-refractivity contribution in [3.05, 3.63) is 34.9 Å². The molecule has 0 amide bonds. The number of hydrogen-bond acceptors (Lipinski definition) is 1. The Labute approximate surface area is 99.8 Å². The van der Waals surface area contributed by atoms with Gasteiger partial charge in [-0.15, -0.1) is 0 Å². The molecule has 0 aliphatic carbocycles. The van der Waals surface area contributed by atoms with Crippen molar-refractivity contribution >= 4 is 0 Å². The summed E-state index contributed by atoms with van der Waals surface area (Å²) >= 11 is 0. The Balaban J connectivity index is 2.99. The van der Waals surface area contributed by atoms with E-state index in [0.717, 1.165) is 11.6 Å². The molecule has 1 aromatic carbocycles. The highest BCUT2D eigenvalue weighted by Crippen LogP contribution is 2.31. The number of hydrogen-bond donors (Lipinski definition) is 1. The van der Waals surface area contributed by atoms with Crippen LogP contribution in [0.25, 0.3) is 0 Å². The summed E-state index contributed by atoms with van der Waals surface area (Å²) < 4.78 is 37.5. The van der Waals surface area contributed by atoms with Crippen LogP contribution in [-0.2, 0) is 12.6 Å². The first-order chi connectivity index (χ1) is 7.65. The molecule has 0 heterocycles. The summed E-state index contributed by atoms with van der Waals surface area (Å²) in [5.41, 5.74) is 6.53. The topological polar surface area (TPSA) is 26.0 Å². The summed E-state index contributed by atoms with van der Waals surface area (Å²) in [6.45, 7) is 6.22. The van der Waals surface area contributed by atoms with Gasteiger partial charge in [0.05, 0.1) is 5.56 Å². The van der Waals surface area contributed by atoms with Crippen molar-refractivity contribution in [2.24, 2.45) is 11.1 Å². The molecule has 1 nitrogen and oxygen atoms in total. The third-order valence-corrected chi connectivity index (χ3v) is 2.89. The third kappa shape index (κ3) is 3.73. The predicted molar refractivity (Wildman–Crippen MR) is 62.7 cm³/mol. The maximum absolute atomic E-state index is 12.5. The van der Waals surface area contributed by atoms with E-state index in [0.29, 0.717) is 18.5 Å². The molecule has 0 unspecified atom stereocenters. The van der Waals surface area contributed by atoms with Crippen LogP contribution in [0.4, 0.5) is 13.2 Å². The van der Waals surface area contributed by atoms with Gasteiger partial charge in [0.1, 0.15) is 0 Å². The molecular weight excluding hydrogens is 227 g/mol. The normalized spacial score (nSPS) is 12.9. The molecule has 0 saturated carbocycles.